The second-order valence-corrected chi connectivity index (χ2v) is 4.69. The zero-order valence-electron chi connectivity index (χ0n) is 11.1. The molecule has 1 aliphatic rings. The Morgan fingerprint density at radius 1 is 1.50 bits per heavy atom. The van der Waals surface area contributed by atoms with E-state index in [4.69, 9.17) is 0 Å². The van der Waals surface area contributed by atoms with Gasteiger partial charge in [0.2, 0.25) is 0 Å². The highest BCUT2D eigenvalue weighted by Gasteiger charge is 2.16. The van der Waals surface area contributed by atoms with Crippen LogP contribution in [-0.4, -0.2) is 71.8 Å². The smallest absolute Gasteiger partial charge is 0.274 e. The fourth-order valence-electron chi connectivity index (χ4n) is 2.05. The van der Waals surface area contributed by atoms with Crippen LogP contribution < -0.4 is 5.32 Å². The molecule has 1 aromatic heterocycles. The van der Waals surface area contributed by atoms with Gasteiger partial charge in [0.25, 0.3) is 5.91 Å². The molecule has 1 amide bonds. The molecular formula is C12H21N5O. The number of amides is 1. The Balaban J connectivity index is 1.80. The first kappa shape index (κ1) is 13.0. The van der Waals surface area contributed by atoms with Crippen molar-refractivity contribution in [3.8, 4) is 0 Å². The van der Waals surface area contributed by atoms with Crippen LogP contribution in [0.2, 0.25) is 0 Å². The lowest BCUT2D eigenvalue weighted by Crippen LogP contribution is -2.46. The topological polar surface area (TPSA) is 53.4 Å². The second-order valence-electron chi connectivity index (χ2n) is 4.69. The number of carbonyl (C=O) groups excluding carboxylic acids is 1. The maximum Gasteiger partial charge on any atom is 0.274 e. The van der Waals surface area contributed by atoms with Crippen LogP contribution >= 0.6 is 0 Å². The average molecular weight is 251 g/mol. The lowest BCUT2D eigenvalue weighted by atomic mass is 10.3. The minimum absolute atomic E-state index is 0.00858. The van der Waals surface area contributed by atoms with Gasteiger partial charge in [-0.15, -0.1) is 0 Å². The first-order valence-electron chi connectivity index (χ1n) is 6.35. The Bertz CT molecular complexity index is 397. The van der Waals surface area contributed by atoms with Gasteiger partial charge in [-0.1, -0.05) is 0 Å². The van der Waals surface area contributed by atoms with E-state index >= 15 is 0 Å². The van der Waals surface area contributed by atoms with E-state index < -0.39 is 0 Å². The minimum Gasteiger partial charge on any atom is -0.339 e. The van der Waals surface area contributed by atoms with Crippen molar-refractivity contribution >= 4 is 5.91 Å². The number of aryl methyl sites for hydroxylation is 1. The predicted molar refractivity (Wildman–Crippen MR) is 69.5 cm³/mol. The SMILES string of the molecule is CN(CCN1CCNCC1)C(=O)c1ccn(C)n1. The Morgan fingerprint density at radius 3 is 2.83 bits per heavy atom. The summed E-state index contributed by atoms with van der Waals surface area (Å²) in [4.78, 5) is 16.2. The maximum atomic E-state index is 12.0. The summed E-state index contributed by atoms with van der Waals surface area (Å²) in [6.07, 6.45) is 1.79. The van der Waals surface area contributed by atoms with Crippen molar-refractivity contribution in [2.45, 2.75) is 0 Å². The molecule has 0 atom stereocenters. The Labute approximate surface area is 108 Å². The molecule has 1 N–H and O–H groups in total. The molecule has 6 nitrogen and oxygen atoms in total. The summed E-state index contributed by atoms with van der Waals surface area (Å²) in [6, 6.07) is 1.75. The summed E-state index contributed by atoms with van der Waals surface area (Å²) < 4.78 is 1.65. The average Bonchev–Trinajstić information content (AvgIpc) is 2.83. The number of rotatable bonds is 4. The molecule has 0 spiro atoms. The van der Waals surface area contributed by atoms with E-state index in [2.05, 4.69) is 15.3 Å². The molecule has 1 saturated heterocycles. The monoisotopic (exact) mass is 251 g/mol. The first-order valence-corrected chi connectivity index (χ1v) is 6.35. The van der Waals surface area contributed by atoms with Gasteiger partial charge in [0.05, 0.1) is 0 Å². The van der Waals surface area contributed by atoms with Gasteiger partial charge in [0.15, 0.2) is 0 Å². The Hall–Kier alpha value is -1.40. The van der Waals surface area contributed by atoms with E-state index in [1.165, 1.54) is 0 Å². The fraction of sp³-hybridized carbons (Fsp3) is 0.667. The van der Waals surface area contributed by atoms with Crippen LogP contribution in [-0.2, 0) is 7.05 Å². The lowest BCUT2D eigenvalue weighted by Gasteiger charge is -2.28. The lowest BCUT2D eigenvalue weighted by molar-refractivity contribution is 0.0768. The summed E-state index contributed by atoms with van der Waals surface area (Å²) in [7, 11) is 3.65. The van der Waals surface area contributed by atoms with Crippen LogP contribution in [0, 0.1) is 0 Å². The molecule has 2 heterocycles. The maximum absolute atomic E-state index is 12.0. The van der Waals surface area contributed by atoms with E-state index in [-0.39, 0.29) is 5.91 Å². The number of nitrogens with one attached hydrogen (secondary N) is 1. The van der Waals surface area contributed by atoms with E-state index in [9.17, 15) is 4.79 Å². The van der Waals surface area contributed by atoms with Crippen LogP contribution in [0.5, 0.6) is 0 Å². The van der Waals surface area contributed by atoms with Crippen LogP contribution in [0.15, 0.2) is 12.3 Å². The van der Waals surface area contributed by atoms with Crippen LogP contribution in [0.4, 0.5) is 0 Å². The molecule has 0 saturated carbocycles. The van der Waals surface area contributed by atoms with Crippen LogP contribution in [0.3, 0.4) is 0 Å². The number of carbonyl (C=O) groups is 1. The molecule has 100 valence electrons. The zero-order valence-corrected chi connectivity index (χ0v) is 11.1. The van der Waals surface area contributed by atoms with Gasteiger partial charge in [-0.3, -0.25) is 14.4 Å². The van der Waals surface area contributed by atoms with Crippen LogP contribution in [0.1, 0.15) is 10.5 Å². The largest absolute Gasteiger partial charge is 0.339 e. The highest BCUT2D eigenvalue weighted by molar-refractivity contribution is 5.91. The van der Waals surface area contributed by atoms with Gasteiger partial charge < -0.3 is 10.2 Å². The molecule has 0 unspecified atom stereocenters. The van der Waals surface area contributed by atoms with E-state index in [0.717, 1.165) is 39.3 Å². The van der Waals surface area contributed by atoms with Crippen molar-refractivity contribution in [3.63, 3.8) is 0 Å². The molecule has 2 rings (SSSR count). The summed E-state index contributed by atoms with van der Waals surface area (Å²) in [5.74, 6) is -0.00858. The molecule has 0 bridgehead atoms. The van der Waals surface area contributed by atoms with E-state index in [1.807, 2.05) is 14.1 Å². The third-order valence-corrected chi connectivity index (χ3v) is 3.24. The predicted octanol–water partition coefficient (Wildman–Crippen LogP) is -0.603. The minimum atomic E-state index is -0.00858. The molecule has 0 aliphatic carbocycles. The van der Waals surface area contributed by atoms with Crippen molar-refractivity contribution in [3.05, 3.63) is 18.0 Å². The summed E-state index contributed by atoms with van der Waals surface area (Å²) >= 11 is 0. The first-order chi connectivity index (χ1) is 8.66. The van der Waals surface area contributed by atoms with Crippen LogP contribution in [0.25, 0.3) is 0 Å². The Kier molecular flexibility index (Phi) is 4.33. The van der Waals surface area contributed by atoms with Gasteiger partial charge >= 0.3 is 0 Å². The molecule has 0 aromatic carbocycles. The highest BCUT2D eigenvalue weighted by atomic mass is 16.2. The highest BCUT2D eigenvalue weighted by Crippen LogP contribution is 2.00. The molecule has 1 fully saturated rings. The number of likely N-dealkylation sites (N-methyl/N-ethyl adjacent to an activating group) is 1. The molecule has 1 aliphatic heterocycles. The number of hydrogen-bond acceptors (Lipinski definition) is 4. The van der Waals surface area contributed by atoms with Gasteiger partial charge in [0.1, 0.15) is 5.69 Å². The fourth-order valence-corrected chi connectivity index (χ4v) is 2.05. The van der Waals surface area contributed by atoms with E-state index in [0.29, 0.717) is 5.69 Å². The van der Waals surface area contributed by atoms with Gasteiger partial charge in [0, 0.05) is 59.6 Å². The normalized spacial score (nSPS) is 16.8. The number of aromatic nitrogens is 2. The molecule has 0 radical (unpaired) electrons. The van der Waals surface area contributed by atoms with Crippen molar-refractivity contribution < 1.29 is 4.79 Å². The van der Waals surface area contributed by atoms with Crippen molar-refractivity contribution in [1.82, 2.24) is 24.9 Å². The van der Waals surface area contributed by atoms with Crippen molar-refractivity contribution in [1.29, 1.82) is 0 Å². The summed E-state index contributed by atoms with van der Waals surface area (Å²) in [6.45, 7) is 5.87. The Morgan fingerprint density at radius 2 is 2.22 bits per heavy atom. The summed E-state index contributed by atoms with van der Waals surface area (Å²) in [5.41, 5.74) is 0.514. The van der Waals surface area contributed by atoms with Crippen molar-refractivity contribution in [2.75, 3.05) is 46.3 Å². The van der Waals surface area contributed by atoms with Gasteiger partial charge in [-0.25, -0.2) is 0 Å². The third kappa shape index (κ3) is 3.30. The third-order valence-electron chi connectivity index (χ3n) is 3.24. The number of nitrogens with zero attached hydrogens (tertiary/aromatic N) is 4. The molecule has 6 heteroatoms. The molecule has 1 aromatic rings. The second kappa shape index (κ2) is 5.97. The van der Waals surface area contributed by atoms with E-state index in [1.54, 1.807) is 21.8 Å². The molecular weight excluding hydrogens is 230 g/mol. The zero-order chi connectivity index (χ0) is 13.0. The number of piperazine rings is 1. The molecule has 18 heavy (non-hydrogen) atoms. The van der Waals surface area contributed by atoms with Gasteiger partial charge in [-0.05, 0) is 6.07 Å². The number of hydrogen-bond donors (Lipinski definition) is 1. The quantitative estimate of drug-likeness (QED) is 0.776. The summed E-state index contributed by atoms with van der Waals surface area (Å²) in [5, 5.41) is 7.45. The van der Waals surface area contributed by atoms with Crippen molar-refractivity contribution in [2.24, 2.45) is 7.05 Å². The standard InChI is InChI=1S/C12H21N5O/c1-15(9-10-17-7-4-13-5-8-17)12(18)11-3-6-16(2)14-11/h3,6,13H,4-5,7-10H2,1-2H3. The van der Waals surface area contributed by atoms with Gasteiger partial charge in [-0.2, -0.15) is 5.10 Å².